The topological polar surface area (TPSA) is 40.1 Å². The van der Waals surface area contributed by atoms with E-state index in [0.29, 0.717) is 10.8 Å². The normalized spacial score (nSPS) is 12.3. The van der Waals surface area contributed by atoms with Crippen LogP contribution >= 0.6 is 0 Å². The summed E-state index contributed by atoms with van der Waals surface area (Å²) in [6.45, 7) is 4.15. The van der Waals surface area contributed by atoms with Gasteiger partial charge in [-0.25, -0.2) is 0 Å². The Labute approximate surface area is 103 Å². The molecule has 4 heteroatoms. The summed E-state index contributed by atoms with van der Waals surface area (Å²) >= 11 is -2.10. The maximum atomic E-state index is 10.5. The van der Waals surface area contributed by atoms with E-state index in [9.17, 15) is 8.76 Å². The van der Waals surface area contributed by atoms with E-state index < -0.39 is 11.1 Å². The van der Waals surface area contributed by atoms with E-state index in [4.69, 9.17) is 0 Å². The Morgan fingerprint density at radius 1 is 1.23 bits per heavy atom. The summed E-state index contributed by atoms with van der Waals surface area (Å²) in [5.41, 5.74) is 1.16. The molecule has 13 heavy (non-hydrogen) atoms. The maximum absolute atomic E-state index is 10.5. The molecule has 0 saturated heterocycles. The van der Waals surface area contributed by atoms with E-state index >= 15 is 0 Å². The molecule has 0 fully saturated rings. The molecular formula is C9H11NaO2S. The van der Waals surface area contributed by atoms with Crippen LogP contribution in [0.1, 0.15) is 25.3 Å². The molecule has 0 aliphatic carbocycles. The first-order valence-corrected chi connectivity index (χ1v) is 4.88. The second kappa shape index (κ2) is 5.94. The predicted molar refractivity (Wildman–Crippen MR) is 47.7 cm³/mol. The summed E-state index contributed by atoms with van der Waals surface area (Å²) in [6.07, 6.45) is 0. The Balaban J connectivity index is 0.00000144. The van der Waals surface area contributed by atoms with Crippen molar-refractivity contribution in [2.75, 3.05) is 0 Å². The fourth-order valence-corrected chi connectivity index (χ4v) is 1.32. The molecule has 0 amide bonds. The van der Waals surface area contributed by atoms with Crippen molar-refractivity contribution in [3.63, 3.8) is 0 Å². The number of hydrogen-bond acceptors (Lipinski definition) is 2. The van der Waals surface area contributed by atoms with Gasteiger partial charge in [0.05, 0.1) is 0 Å². The van der Waals surface area contributed by atoms with Crippen molar-refractivity contribution in [1.29, 1.82) is 0 Å². The molecule has 66 valence electrons. The van der Waals surface area contributed by atoms with Gasteiger partial charge < -0.3 is 4.55 Å². The smallest absolute Gasteiger partial charge is 0.768 e. The van der Waals surface area contributed by atoms with Gasteiger partial charge in [-0.05, 0) is 34.7 Å². The average molecular weight is 206 g/mol. The van der Waals surface area contributed by atoms with Crippen molar-refractivity contribution in [2.45, 2.75) is 24.7 Å². The number of benzene rings is 1. The Bertz CT molecular complexity index is 282. The summed E-state index contributed by atoms with van der Waals surface area (Å²) in [7, 11) is 0. The minimum Gasteiger partial charge on any atom is -0.768 e. The zero-order chi connectivity index (χ0) is 9.14. The fourth-order valence-electron chi connectivity index (χ4n) is 0.964. The van der Waals surface area contributed by atoms with Gasteiger partial charge in [0, 0.05) is 4.90 Å². The molecule has 2 nitrogen and oxygen atoms in total. The Hall–Kier alpha value is 0.330. The van der Waals surface area contributed by atoms with Crippen LogP contribution in [0, 0.1) is 0 Å². The third kappa shape index (κ3) is 3.92. The standard InChI is InChI=1S/C9H12O2S.Na/c1-7(2)8-3-5-9(6-4-8)12(10)11;/h3-7H,1-2H3,(H,10,11);/q;+1/p-1. The van der Waals surface area contributed by atoms with E-state index in [0.717, 1.165) is 5.56 Å². The Kier molecular flexibility index (Phi) is 6.09. The fraction of sp³-hybridized carbons (Fsp3) is 0.333. The van der Waals surface area contributed by atoms with Crippen LogP contribution in [0.5, 0.6) is 0 Å². The second-order valence-electron chi connectivity index (χ2n) is 2.96. The SMILES string of the molecule is CC(C)c1ccc(S(=O)[O-])cc1.[Na+]. The van der Waals surface area contributed by atoms with Gasteiger partial charge in [0.15, 0.2) is 0 Å². The summed E-state index contributed by atoms with van der Waals surface area (Å²) in [5, 5.41) is 0. The summed E-state index contributed by atoms with van der Waals surface area (Å²) < 4.78 is 21.0. The molecule has 0 radical (unpaired) electrons. The predicted octanol–water partition coefficient (Wildman–Crippen LogP) is -0.948. The van der Waals surface area contributed by atoms with Crippen LogP contribution in [0.2, 0.25) is 0 Å². The zero-order valence-corrected chi connectivity index (χ0v) is 10.9. The third-order valence-corrected chi connectivity index (χ3v) is 2.40. The molecule has 0 spiro atoms. The van der Waals surface area contributed by atoms with Crippen LogP contribution in [0.3, 0.4) is 0 Å². The molecule has 0 bridgehead atoms. The van der Waals surface area contributed by atoms with Gasteiger partial charge in [0.2, 0.25) is 0 Å². The van der Waals surface area contributed by atoms with Gasteiger partial charge in [-0.15, -0.1) is 0 Å². The number of rotatable bonds is 2. The molecular weight excluding hydrogens is 195 g/mol. The van der Waals surface area contributed by atoms with Crippen molar-refractivity contribution < 1.29 is 38.3 Å². The molecule has 0 aliphatic heterocycles. The van der Waals surface area contributed by atoms with Crippen LogP contribution in [-0.2, 0) is 11.1 Å². The molecule has 0 aliphatic rings. The molecule has 1 atom stereocenters. The van der Waals surface area contributed by atoms with Gasteiger partial charge >= 0.3 is 29.6 Å². The molecule has 1 aromatic carbocycles. The quantitative estimate of drug-likeness (QED) is 0.462. The summed E-state index contributed by atoms with van der Waals surface area (Å²) in [6, 6.07) is 6.93. The van der Waals surface area contributed by atoms with E-state index in [2.05, 4.69) is 13.8 Å². The molecule has 1 unspecified atom stereocenters. The average Bonchev–Trinajstić information content (AvgIpc) is 2.04. The second-order valence-corrected chi connectivity index (χ2v) is 3.90. The van der Waals surface area contributed by atoms with E-state index in [1.807, 2.05) is 12.1 Å². The zero-order valence-electron chi connectivity index (χ0n) is 8.11. The van der Waals surface area contributed by atoms with Crippen molar-refractivity contribution >= 4 is 11.1 Å². The third-order valence-electron chi connectivity index (χ3n) is 1.74. The number of hydrogen-bond donors (Lipinski definition) is 0. The summed E-state index contributed by atoms with van der Waals surface area (Å²) in [5.74, 6) is 0.444. The minimum atomic E-state index is -2.10. The molecule has 0 saturated carbocycles. The molecule has 1 rings (SSSR count). The van der Waals surface area contributed by atoms with E-state index in [1.165, 1.54) is 0 Å². The van der Waals surface area contributed by atoms with Crippen LogP contribution in [0.25, 0.3) is 0 Å². The first-order chi connectivity index (χ1) is 5.61. The van der Waals surface area contributed by atoms with Crippen molar-refractivity contribution in [3.8, 4) is 0 Å². The molecule has 1 aromatic rings. The van der Waals surface area contributed by atoms with Crippen LogP contribution < -0.4 is 29.6 Å². The Morgan fingerprint density at radius 2 is 1.69 bits per heavy atom. The Morgan fingerprint density at radius 3 is 2.00 bits per heavy atom. The first kappa shape index (κ1) is 13.3. The van der Waals surface area contributed by atoms with Gasteiger partial charge in [0.1, 0.15) is 0 Å². The van der Waals surface area contributed by atoms with Crippen LogP contribution in [0.15, 0.2) is 29.2 Å². The first-order valence-electron chi connectivity index (χ1n) is 3.80. The minimum absolute atomic E-state index is 0. The van der Waals surface area contributed by atoms with Crippen molar-refractivity contribution in [1.82, 2.24) is 0 Å². The largest absolute Gasteiger partial charge is 1.00 e. The van der Waals surface area contributed by atoms with Crippen LogP contribution in [-0.4, -0.2) is 8.76 Å². The monoisotopic (exact) mass is 206 g/mol. The molecule has 0 heterocycles. The molecule has 0 N–H and O–H groups in total. The van der Waals surface area contributed by atoms with Gasteiger partial charge in [0.25, 0.3) is 0 Å². The maximum Gasteiger partial charge on any atom is 1.00 e. The van der Waals surface area contributed by atoms with Crippen LogP contribution in [0.4, 0.5) is 0 Å². The van der Waals surface area contributed by atoms with Gasteiger partial charge in [-0.3, -0.25) is 4.21 Å². The van der Waals surface area contributed by atoms with E-state index in [-0.39, 0.29) is 29.6 Å². The van der Waals surface area contributed by atoms with Gasteiger partial charge in [-0.2, -0.15) is 0 Å². The van der Waals surface area contributed by atoms with Crippen molar-refractivity contribution in [3.05, 3.63) is 29.8 Å². The summed E-state index contributed by atoms with van der Waals surface area (Å²) in [4.78, 5) is 0.347. The van der Waals surface area contributed by atoms with Gasteiger partial charge in [-0.1, -0.05) is 26.0 Å². The van der Waals surface area contributed by atoms with E-state index in [1.54, 1.807) is 12.1 Å². The molecule has 0 aromatic heterocycles. The van der Waals surface area contributed by atoms with Crippen molar-refractivity contribution in [2.24, 2.45) is 0 Å².